The summed E-state index contributed by atoms with van der Waals surface area (Å²) < 4.78 is 1.11. The standard InChI is InChI=1S/C11H15BrO/c1-8-9(7-11(2,3)13)5-4-6-10(8)12/h4-6,13H,7H2,1-3H3. The average molecular weight is 243 g/mol. The molecule has 1 rings (SSSR count). The summed E-state index contributed by atoms with van der Waals surface area (Å²) in [5, 5.41) is 9.67. The number of halogens is 1. The van der Waals surface area contributed by atoms with E-state index in [4.69, 9.17) is 0 Å². The van der Waals surface area contributed by atoms with Crippen LogP contribution in [0.3, 0.4) is 0 Å². The first kappa shape index (κ1) is 10.7. The molecule has 0 amide bonds. The van der Waals surface area contributed by atoms with Crippen LogP contribution < -0.4 is 0 Å². The van der Waals surface area contributed by atoms with E-state index >= 15 is 0 Å². The summed E-state index contributed by atoms with van der Waals surface area (Å²) in [6, 6.07) is 6.07. The molecule has 0 saturated heterocycles. The van der Waals surface area contributed by atoms with Gasteiger partial charge in [-0.2, -0.15) is 0 Å². The van der Waals surface area contributed by atoms with Gasteiger partial charge in [0.05, 0.1) is 5.60 Å². The fraction of sp³-hybridized carbons (Fsp3) is 0.455. The Morgan fingerprint density at radius 3 is 2.54 bits per heavy atom. The van der Waals surface area contributed by atoms with E-state index in [1.807, 2.05) is 26.0 Å². The number of benzene rings is 1. The van der Waals surface area contributed by atoms with Gasteiger partial charge < -0.3 is 5.11 Å². The molecule has 0 heterocycles. The second kappa shape index (κ2) is 3.81. The highest BCUT2D eigenvalue weighted by Gasteiger charge is 2.15. The van der Waals surface area contributed by atoms with Crippen LogP contribution in [0.4, 0.5) is 0 Å². The number of aliphatic hydroxyl groups is 1. The molecule has 1 aromatic carbocycles. The van der Waals surface area contributed by atoms with Crippen LogP contribution in [-0.4, -0.2) is 10.7 Å². The van der Waals surface area contributed by atoms with E-state index in [2.05, 4.69) is 28.9 Å². The Labute approximate surface area is 87.9 Å². The molecule has 1 N–H and O–H groups in total. The fourth-order valence-corrected chi connectivity index (χ4v) is 1.72. The van der Waals surface area contributed by atoms with Crippen molar-refractivity contribution in [3.8, 4) is 0 Å². The molecule has 1 nitrogen and oxygen atoms in total. The molecule has 0 aliphatic heterocycles. The van der Waals surface area contributed by atoms with Gasteiger partial charge in [0, 0.05) is 10.9 Å². The third kappa shape index (κ3) is 3.12. The van der Waals surface area contributed by atoms with E-state index in [1.54, 1.807) is 0 Å². The highest BCUT2D eigenvalue weighted by molar-refractivity contribution is 9.10. The maximum atomic E-state index is 9.67. The Morgan fingerprint density at radius 1 is 1.38 bits per heavy atom. The molecule has 0 spiro atoms. The Kier molecular flexibility index (Phi) is 3.14. The predicted octanol–water partition coefficient (Wildman–Crippen LogP) is 3.07. The zero-order valence-corrected chi connectivity index (χ0v) is 9.85. The monoisotopic (exact) mass is 242 g/mol. The smallest absolute Gasteiger partial charge is 0.0632 e. The quantitative estimate of drug-likeness (QED) is 0.846. The lowest BCUT2D eigenvalue weighted by atomic mass is 9.95. The maximum Gasteiger partial charge on any atom is 0.0632 e. The van der Waals surface area contributed by atoms with Crippen molar-refractivity contribution in [3.63, 3.8) is 0 Å². The van der Waals surface area contributed by atoms with E-state index in [0.29, 0.717) is 6.42 Å². The zero-order valence-electron chi connectivity index (χ0n) is 8.26. The molecule has 72 valence electrons. The van der Waals surface area contributed by atoms with Crippen LogP contribution in [-0.2, 0) is 6.42 Å². The number of hydrogen-bond donors (Lipinski definition) is 1. The fourth-order valence-electron chi connectivity index (χ4n) is 1.31. The molecule has 0 saturated carbocycles. The summed E-state index contributed by atoms with van der Waals surface area (Å²) in [5.41, 5.74) is 1.78. The minimum Gasteiger partial charge on any atom is -0.390 e. The van der Waals surface area contributed by atoms with Gasteiger partial charge in [0.25, 0.3) is 0 Å². The van der Waals surface area contributed by atoms with Gasteiger partial charge in [0.1, 0.15) is 0 Å². The van der Waals surface area contributed by atoms with Gasteiger partial charge >= 0.3 is 0 Å². The average Bonchev–Trinajstić information content (AvgIpc) is 1.96. The molecule has 13 heavy (non-hydrogen) atoms. The maximum absolute atomic E-state index is 9.67. The van der Waals surface area contributed by atoms with Gasteiger partial charge in [-0.05, 0) is 38.0 Å². The van der Waals surface area contributed by atoms with E-state index in [9.17, 15) is 5.11 Å². The normalized spacial score (nSPS) is 11.8. The van der Waals surface area contributed by atoms with Gasteiger partial charge in [0.2, 0.25) is 0 Å². The van der Waals surface area contributed by atoms with Crippen molar-refractivity contribution in [1.29, 1.82) is 0 Å². The summed E-state index contributed by atoms with van der Waals surface area (Å²) >= 11 is 3.47. The van der Waals surface area contributed by atoms with Gasteiger partial charge in [-0.1, -0.05) is 28.1 Å². The SMILES string of the molecule is Cc1c(Br)cccc1CC(C)(C)O. The van der Waals surface area contributed by atoms with Crippen LogP contribution in [0.1, 0.15) is 25.0 Å². The third-order valence-corrected chi connectivity index (χ3v) is 2.86. The molecule has 0 aliphatic rings. The Morgan fingerprint density at radius 2 is 2.00 bits per heavy atom. The molecule has 0 atom stereocenters. The molecule has 0 bridgehead atoms. The third-order valence-electron chi connectivity index (χ3n) is 2.00. The van der Waals surface area contributed by atoms with E-state index in [1.165, 1.54) is 11.1 Å². The molecular formula is C11H15BrO. The summed E-state index contributed by atoms with van der Waals surface area (Å²) in [6.45, 7) is 5.71. The summed E-state index contributed by atoms with van der Waals surface area (Å²) in [4.78, 5) is 0. The molecule has 2 heteroatoms. The molecule has 0 aromatic heterocycles. The topological polar surface area (TPSA) is 20.2 Å². The second-order valence-corrected chi connectivity index (χ2v) is 4.87. The molecular weight excluding hydrogens is 228 g/mol. The van der Waals surface area contributed by atoms with Crippen molar-refractivity contribution in [3.05, 3.63) is 33.8 Å². The van der Waals surface area contributed by atoms with Crippen LogP contribution in [0.25, 0.3) is 0 Å². The van der Waals surface area contributed by atoms with Crippen molar-refractivity contribution in [2.75, 3.05) is 0 Å². The van der Waals surface area contributed by atoms with Crippen LogP contribution in [0.2, 0.25) is 0 Å². The van der Waals surface area contributed by atoms with Crippen LogP contribution in [0.15, 0.2) is 22.7 Å². The van der Waals surface area contributed by atoms with Gasteiger partial charge in [-0.25, -0.2) is 0 Å². The second-order valence-electron chi connectivity index (χ2n) is 4.01. The van der Waals surface area contributed by atoms with Crippen molar-refractivity contribution >= 4 is 15.9 Å². The molecule has 0 unspecified atom stereocenters. The highest BCUT2D eigenvalue weighted by atomic mass is 79.9. The number of rotatable bonds is 2. The zero-order chi connectivity index (χ0) is 10.1. The van der Waals surface area contributed by atoms with Crippen LogP contribution in [0, 0.1) is 6.92 Å². The van der Waals surface area contributed by atoms with Crippen molar-refractivity contribution in [1.82, 2.24) is 0 Å². The summed E-state index contributed by atoms with van der Waals surface area (Å²) in [7, 11) is 0. The van der Waals surface area contributed by atoms with Crippen molar-refractivity contribution in [2.45, 2.75) is 32.8 Å². The lowest BCUT2D eigenvalue weighted by Crippen LogP contribution is -2.22. The van der Waals surface area contributed by atoms with Gasteiger partial charge in [-0.15, -0.1) is 0 Å². The minimum absolute atomic E-state index is 0.633. The van der Waals surface area contributed by atoms with Crippen LogP contribution >= 0.6 is 15.9 Å². The lowest BCUT2D eigenvalue weighted by Gasteiger charge is -2.18. The molecule has 1 aromatic rings. The summed E-state index contributed by atoms with van der Waals surface area (Å²) in [5.74, 6) is 0. The summed E-state index contributed by atoms with van der Waals surface area (Å²) in [6.07, 6.45) is 0.693. The Balaban J connectivity index is 2.96. The molecule has 0 fully saturated rings. The number of hydrogen-bond acceptors (Lipinski definition) is 1. The first-order valence-corrected chi connectivity index (χ1v) is 5.16. The van der Waals surface area contributed by atoms with E-state index < -0.39 is 5.60 Å². The van der Waals surface area contributed by atoms with Gasteiger partial charge in [0.15, 0.2) is 0 Å². The highest BCUT2D eigenvalue weighted by Crippen LogP contribution is 2.22. The largest absolute Gasteiger partial charge is 0.390 e. The van der Waals surface area contributed by atoms with E-state index in [-0.39, 0.29) is 0 Å². The van der Waals surface area contributed by atoms with Crippen molar-refractivity contribution < 1.29 is 5.11 Å². The van der Waals surface area contributed by atoms with E-state index in [0.717, 1.165) is 4.47 Å². The Hall–Kier alpha value is -0.340. The lowest BCUT2D eigenvalue weighted by molar-refractivity contribution is 0.0808. The Bertz CT molecular complexity index is 299. The molecule has 0 aliphatic carbocycles. The van der Waals surface area contributed by atoms with Crippen molar-refractivity contribution in [2.24, 2.45) is 0 Å². The first-order chi connectivity index (χ1) is 5.90. The van der Waals surface area contributed by atoms with Gasteiger partial charge in [-0.3, -0.25) is 0 Å². The van der Waals surface area contributed by atoms with Crippen LogP contribution in [0.5, 0.6) is 0 Å². The minimum atomic E-state index is -0.633. The predicted molar refractivity (Wildman–Crippen MR) is 58.9 cm³/mol. The molecule has 0 radical (unpaired) electrons. The first-order valence-electron chi connectivity index (χ1n) is 4.36.